The molecule has 2 N–H and O–H groups in total. The van der Waals surface area contributed by atoms with Gasteiger partial charge in [-0.05, 0) is 50.3 Å². The summed E-state index contributed by atoms with van der Waals surface area (Å²) in [4.78, 5) is 14.6. The molecule has 5 nitrogen and oxygen atoms in total. The monoisotopic (exact) mass is 340 g/mol. The number of anilines is 1. The zero-order valence-electron chi connectivity index (χ0n) is 14.3. The van der Waals surface area contributed by atoms with Crippen molar-refractivity contribution < 1.29 is 4.39 Å². The molecule has 1 aromatic carbocycles. The summed E-state index contributed by atoms with van der Waals surface area (Å²) in [5.41, 5.74) is 7.84. The highest BCUT2D eigenvalue weighted by atomic mass is 19.1. The van der Waals surface area contributed by atoms with E-state index < -0.39 is 0 Å². The lowest BCUT2D eigenvalue weighted by atomic mass is 10.0. The first kappa shape index (κ1) is 16.1. The third-order valence-electron chi connectivity index (χ3n) is 5.47. The Balaban J connectivity index is 1.99. The predicted molar refractivity (Wildman–Crippen MR) is 95.3 cm³/mol. The number of nitriles is 1. The second-order valence-corrected chi connectivity index (χ2v) is 7.17. The molecule has 1 aromatic heterocycles. The molecule has 4 rings (SSSR count). The van der Waals surface area contributed by atoms with Gasteiger partial charge in [-0.3, -0.25) is 4.79 Å². The molecule has 2 aromatic rings. The van der Waals surface area contributed by atoms with Gasteiger partial charge in [0.25, 0.3) is 5.56 Å². The minimum absolute atomic E-state index is 0.162. The van der Waals surface area contributed by atoms with Crippen molar-refractivity contribution in [1.82, 2.24) is 4.57 Å². The lowest BCUT2D eigenvalue weighted by Gasteiger charge is -2.24. The minimum Gasteiger partial charge on any atom is -0.369 e. The van der Waals surface area contributed by atoms with Crippen LogP contribution in [0.2, 0.25) is 0 Å². The summed E-state index contributed by atoms with van der Waals surface area (Å²) in [6, 6.07) is 4.96. The van der Waals surface area contributed by atoms with Crippen molar-refractivity contribution in [1.29, 1.82) is 5.26 Å². The molecule has 0 radical (unpaired) electrons. The molecule has 1 saturated carbocycles. The van der Waals surface area contributed by atoms with Gasteiger partial charge in [0.2, 0.25) is 0 Å². The molecular formula is C19H21FN4O. The maximum absolute atomic E-state index is 15.0. The highest BCUT2D eigenvalue weighted by Gasteiger charge is 2.31. The lowest BCUT2D eigenvalue weighted by molar-refractivity contribution is 0.597. The summed E-state index contributed by atoms with van der Waals surface area (Å²) in [5.74, 6) is 0.0331. The van der Waals surface area contributed by atoms with Gasteiger partial charge in [0.15, 0.2) is 0 Å². The van der Waals surface area contributed by atoms with Gasteiger partial charge in [0.1, 0.15) is 11.9 Å². The Labute approximate surface area is 145 Å². The molecule has 1 saturated heterocycles. The molecule has 1 aliphatic carbocycles. The number of nitrogens with zero attached hydrogens (tertiary/aromatic N) is 3. The summed E-state index contributed by atoms with van der Waals surface area (Å²) in [5, 5.41) is 9.92. The third-order valence-corrected chi connectivity index (χ3v) is 5.47. The number of aryl methyl sites for hydroxylation is 1. The van der Waals surface area contributed by atoms with E-state index in [1.54, 1.807) is 4.57 Å². The Morgan fingerprint density at radius 1 is 1.36 bits per heavy atom. The number of hydrogen-bond acceptors (Lipinski definition) is 4. The second-order valence-electron chi connectivity index (χ2n) is 7.17. The van der Waals surface area contributed by atoms with Crippen molar-refractivity contribution >= 4 is 16.6 Å². The average molecular weight is 340 g/mol. The van der Waals surface area contributed by atoms with Crippen molar-refractivity contribution in [2.75, 3.05) is 24.5 Å². The van der Waals surface area contributed by atoms with Crippen LogP contribution in [0.1, 0.15) is 36.4 Å². The van der Waals surface area contributed by atoms with Crippen molar-refractivity contribution in [3.63, 3.8) is 0 Å². The van der Waals surface area contributed by atoms with E-state index in [1.165, 1.54) is 12.1 Å². The molecule has 1 atom stereocenters. The minimum atomic E-state index is -0.333. The van der Waals surface area contributed by atoms with Gasteiger partial charge in [0, 0.05) is 30.6 Å². The van der Waals surface area contributed by atoms with Crippen LogP contribution in [0.25, 0.3) is 10.9 Å². The molecule has 6 heteroatoms. The van der Waals surface area contributed by atoms with Gasteiger partial charge < -0.3 is 15.2 Å². The van der Waals surface area contributed by atoms with Crippen LogP contribution < -0.4 is 16.2 Å². The van der Waals surface area contributed by atoms with E-state index in [4.69, 9.17) is 5.73 Å². The first-order valence-electron chi connectivity index (χ1n) is 8.78. The van der Waals surface area contributed by atoms with E-state index in [1.807, 2.05) is 17.9 Å². The lowest BCUT2D eigenvalue weighted by Crippen LogP contribution is -2.26. The molecule has 0 amide bonds. The first-order chi connectivity index (χ1) is 12.0. The van der Waals surface area contributed by atoms with E-state index in [0.29, 0.717) is 29.1 Å². The zero-order chi connectivity index (χ0) is 17.7. The number of hydrogen-bond donors (Lipinski definition) is 1. The summed E-state index contributed by atoms with van der Waals surface area (Å²) in [6.07, 6.45) is 2.85. The van der Waals surface area contributed by atoms with E-state index in [2.05, 4.69) is 0 Å². The van der Waals surface area contributed by atoms with E-state index in [0.717, 1.165) is 37.9 Å². The van der Waals surface area contributed by atoms with Crippen LogP contribution in [0.3, 0.4) is 0 Å². The number of benzene rings is 1. The Hall–Kier alpha value is -2.39. The van der Waals surface area contributed by atoms with Crippen molar-refractivity contribution in [2.45, 2.75) is 32.2 Å². The molecule has 0 unspecified atom stereocenters. The van der Waals surface area contributed by atoms with Crippen molar-refractivity contribution in [3.05, 3.63) is 39.4 Å². The zero-order valence-corrected chi connectivity index (χ0v) is 14.3. The smallest absolute Gasteiger partial charge is 0.252 e. The molecule has 2 fully saturated rings. The molecule has 1 aliphatic heterocycles. The summed E-state index contributed by atoms with van der Waals surface area (Å²) in [6.45, 7) is 3.94. The van der Waals surface area contributed by atoms with Crippen LogP contribution in [-0.2, 0) is 0 Å². The fraction of sp³-hybridized carbons (Fsp3) is 0.474. The third kappa shape index (κ3) is 2.50. The largest absolute Gasteiger partial charge is 0.369 e. The number of rotatable bonds is 3. The molecule has 130 valence electrons. The van der Waals surface area contributed by atoms with Crippen LogP contribution in [0.5, 0.6) is 0 Å². The van der Waals surface area contributed by atoms with Crippen molar-refractivity contribution in [2.24, 2.45) is 11.7 Å². The van der Waals surface area contributed by atoms with E-state index in [-0.39, 0.29) is 23.0 Å². The molecule has 0 spiro atoms. The van der Waals surface area contributed by atoms with Crippen LogP contribution in [0.4, 0.5) is 10.1 Å². The molecule has 2 aliphatic rings. The quantitative estimate of drug-likeness (QED) is 0.931. The topological polar surface area (TPSA) is 75.1 Å². The molecule has 2 heterocycles. The summed E-state index contributed by atoms with van der Waals surface area (Å²) < 4.78 is 16.7. The van der Waals surface area contributed by atoms with Crippen LogP contribution in [-0.4, -0.2) is 24.2 Å². The number of fused-ring (bicyclic) bond motifs is 1. The number of nitrogens with two attached hydrogens (primary N) is 1. The summed E-state index contributed by atoms with van der Waals surface area (Å²) in [7, 11) is 0. The molecular weight excluding hydrogens is 319 g/mol. The Morgan fingerprint density at radius 2 is 2.12 bits per heavy atom. The van der Waals surface area contributed by atoms with Gasteiger partial charge in [-0.1, -0.05) is 0 Å². The molecule has 0 bridgehead atoms. The van der Waals surface area contributed by atoms with Crippen LogP contribution in [0, 0.1) is 30.0 Å². The number of aromatic nitrogens is 1. The van der Waals surface area contributed by atoms with Crippen molar-refractivity contribution in [3.8, 4) is 6.07 Å². The van der Waals surface area contributed by atoms with Gasteiger partial charge in [0.05, 0.1) is 16.8 Å². The van der Waals surface area contributed by atoms with Gasteiger partial charge in [-0.2, -0.15) is 5.26 Å². The Morgan fingerprint density at radius 3 is 2.72 bits per heavy atom. The summed E-state index contributed by atoms with van der Waals surface area (Å²) >= 11 is 0. The fourth-order valence-corrected chi connectivity index (χ4v) is 4.06. The van der Waals surface area contributed by atoms with Crippen LogP contribution >= 0.6 is 0 Å². The number of pyridine rings is 1. The van der Waals surface area contributed by atoms with Gasteiger partial charge >= 0.3 is 0 Å². The number of halogens is 1. The first-order valence-corrected chi connectivity index (χ1v) is 8.78. The highest BCUT2D eigenvalue weighted by molar-refractivity contribution is 5.92. The second kappa shape index (κ2) is 5.85. The predicted octanol–water partition coefficient (Wildman–Crippen LogP) is 2.44. The highest BCUT2D eigenvalue weighted by Crippen LogP contribution is 2.40. The SMILES string of the molecule is Cc1c(N2CC[C@H](CN)C2)c(F)cc2c(C#N)cc(=O)n(C3CC3)c12. The maximum atomic E-state index is 15.0. The standard InChI is InChI=1S/C19H21FN4O/c1-11-18-15(13(9-22)6-17(25)24(18)14-2-3-14)7-16(20)19(11)23-5-4-12(8-21)10-23/h6-7,12,14H,2-5,8,10,21H2,1H3/t12-/m1/s1. The Bertz CT molecular complexity index is 955. The van der Waals surface area contributed by atoms with Crippen LogP contribution in [0.15, 0.2) is 16.9 Å². The normalized spacial score (nSPS) is 20.2. The average Bonchev–Trinajstić information content (AvgIpc) is 3.32. The van der Waals surface area contributed by atoms with E-state index in [9.17, 15) is 14.4 Å². The maximum Gasteiger partial charge on any atom is 0.252 e. The van der Waals surface area contributed by atoms with Gasteiger partial charge in [-0.15, -0.1) is 0 Å². The van der Waals surface area contributed by atoms with E-state index >= 15 is 0 Å². The molecule has 25 heavy (non-hydrogen) atoms. The fourth-order valence-electron chi connectivity index (χ4n) is 4.06. The Kier molecular flexibility index (Phi) is 3.77. The van der Waals surface area contributed by atoms with Gasteiger partial charge in [-0.25, -0.2) is 4.39 Å².